The molecule has 3 rings (SSSR count). The van der Waals surface area contributed by atoms with Crippen molar-refractivity contribution in [1.29, 1.82) is 0 Å². The van der Waals surface area contributed by atoms with Crippen LogP contribution in [0.15, 0.2) is 30.3 Å². The normalized spacial score (nSPS) is 35.1. The highest BCUT2D eigenvalue weighted by Crippen LogP contribution is 2.54. The third-order valence-corrected chi connectivity index (χ3v) is 4.39. The maximum absolute atomic E-state index is 11.3. The number of rotatable bonds is 3. The third kappa shape index (κ3) is 2.30. The van der Waals surface area contributed by atoms with Crippen molar-refractivity contribution in [2.75, 3.05) is 13.2 Å². The molecule has 1 heterocycles. The highest BCUT2D eigenvalue weighted by Gasteiger charge is 2.62. The zero-order valence-electron chi connectivity index (χ0n) is 11.3. The second kappa shape index (κ2) is 5.13. The average Bonchev–Trinajstić information content (AvgIpc) is 2.45. The van der Waals surface area contributed by atoms with Gasteiger partial charge in [-0.2, -0.15) is 0 Å². The molecule has 1 spiro atoms. The van der Waals surface area contributed by atoms with Gasteiger partial charge in [0.25, 0.3) is 0 Å². The molecule has 0 amide bonds. The van der Waals surface area contributed by atoms with Gasteiger partial charge in [0, 0.05) is 11.0 Å². The molecule has 112 valence electrons. The fraction of sp³-hybridized carbons (Fsp3) is 0.467. The van der Waals surface area contributed by atoms with E-state index in [2.05, 4.69) is 0 Å². The van der Waals surface area contributed by atoms with Crippen LogP contribution in [0.25, 0.3) is 0 Å². The highest BCUT2D eigenvalue weighted by molar-refractivity contribution is 5.83. The lowest BCUT2D eigenvalue weighted by molar-refractivity contribution is -0.277. The quantitative estimate of drug-likeness (QED) is 0.877. The van der Waals surface area contributed by atoms with Crippen LogP contribution in [0, 0.1) is 17.3 Å². The van der Waals surface area contributed by atoms with E-state index < -0.39 is 35.5 Å². The van der Waals surface area contributed by atoms with Gasteiger partial charge in [0.05, 0.1) is 25.0 Å². The molecule has 0 bridgehead atoms. The number of hydrogen-bond acceptors (Lipinski definition) is 4. The van der Waals surface area contributed by atoms with E-state index in [9.17, 15) is 14.7 Å². The van der Waals surface area contributed by atoms with Crippen molar-refractivity contribution < 1.29 is 29.3 Å². The molecule has 0 radical (unpaired) electrons. The van der Waals surface area contributed by atoms with E-state index in [1.54, 1.807) is 0 Å². The lowest BCUT2D eigenvalue weighted by atomic mass is 9.54. The van der Waals surface area contributed by atoms with Crippen molar-refractivity contribution in [2.24, 2.45) is 17.3 Å². The first-order chi connectivity index (χ1) is 10.0. The smallest absolute Gasteiger partial charge is 0.308 e. The van der Waals surface area contributed by atoms with E-state index in [0.29, 0.717) is 0 Å². The number of carboxylic acids is 2. The molecule has 1 aromatic rings. The fourth-order valence-electron chi connectivity index (χ4n) is 3.29. The third-order valence-electron chi connectivity index (χ3n) is 4.39. The van der Waals surface area contributed by atoms with E-state index in [1.165, 1.54) is 0 Å². The number of carbonyl (C=O) groups is 2. The summed E-state index contributed by atoms with van der Waals surface area (Å²) in [4.78, 5) is 22.4. The van der Waals surface area contributed by atoms with Crippen LogP contribution in [0.2, 0.25) is 0 Å². The molecule has 1 saturated carbocycles. The fourth-order valence-corrected chi connectivity index (χ4v) is 3.29. The zero-order valence-corrected chi connectivity index (χ0v) is 11.3. The Morgan fingerprint density at radius 1 is 1.05 bits per heavy atom. The Balaban J connectivity index is 1.70. The monoisotopic (exact) mass is 292 g/mol. The molecule has 2 atom stereocenters. The lowest BCUT2D eigenvalue weighted by Gasteiger charge is -2.53. The van der Waals surface area contributed by atoms with Gasteiger partial charge in [-0.05, 0) is 6.42 Å². The second-order valence-corrected chi connectivity index (χ2v) is 5.69. The van der Waals surface area contributed by atoms with E-state index in [1.807, 2.05) is 30.3 Å². The predicted molar refractivity (Wildman–Crippen MR) is 70.4 cm³/mol. The number of benzene rings is 1. The average molecular weight is 292 g/mol. The largest absolute Gasteiger partial charge is 0.481 e. The SMILES string of the molecule is O=C(O)[C@H]1CC2(COC(c3ccccc3)OC2)[C@H]1C(=O)O. The summed E-state index contributed by atoms with van der Waals surface area (Å²) in [5, 5.41) is 18.3. The molecule has 0 aromatic heterocycles. The molecule has 1 aromatic carbocycles. The molecule has 2 fully saturated rings. The van der Waals surface area contributed by atoms with Crippen LogP contribution < -0.4 is 0 Å². The summed E-state index contributed by atoms with van der Waals surface area (Å²) < 4.78 is 11.3. The first kappa shape index (κ1) is 14.0. The van der Waals surface area contributed by atoms with Gasteiger partial charge in [-0.1, -0.05) is 30.3 Å². The van der Waals surface area contributed by atoms with E-state index in [4.69, 9.17) is 14.6 Å². The van der Waals surface area contributed by atoms with Crippen molar-refractivity contribution in [3.63, 3.8) is 0 Å². The minimum Gasteiger partial charge on any atom is -0.481 e. The topological polar surface area (TPSA) is 93.1 Å². The summed E-state index contributed by atoms with van der Waals surface area (Å²) in [5.74, 6) is -3.98. The first-order valence-electron chi connectivity index (χ1n) is 6.77. The molecule has 2 aliphatic rings. The number of carboxylic acid groups (broad SMARTS) is 2. The van der Waals surface area contributed by atoms with Gasteiger partial charge in [-0.3, -0.25) is 9.59 Å². The molecule has 1 aliphatic heterocycles. The Labute approximate surface area is 121 Å². The molecule has 6 heteroatoms. The van der Waals surface area contributed by atoms with E-state index in [0.717, 1.165) is 5.56 Å². The molecule has 2 N–H and O–H groups in total. The van der Waals surface area contributed by atoms with Crippen molar-refractivity contribution in [3.8, 4) is 0 Å². The Bertz CT molecular complexity index is 547. The summed E-state index contributed by atoms with van der Waals surface area (Å²) in [6.07, 6.45) is -0.240. The maximum atomic E-state index is 11.3. The van der Waals surface area contributed by atoms with Crippen LogP contribution in [0.1, 0.15) is 18.3 Å². The van der Waals surface area contributed by atoms with Gasteiger partial charge in [-0.25, -0.2) is 0 Å². The summed E-state index contributed by atoms with van der Waals surface area (Å²) in [6, 6.07) is 9.38. The van der Waals surface area contributed by atoms with Crippen LogP contribution in [0.3, 0.4) is 0 Å². The first-order valence-corrected chi connectivity index (χ1v) is 6.77. The van der Waals surface area contributed by atoms with Gasteiger partial charge in [-0.15, -0.1) is 0 Å². The summed E-state index contributed by atoms with van der Waals surface area (Å²) in [6.45, 7) is 0.403. The maximum Gasteiger partial charge on any atom is 0.308 e. The Hall–Kier alpha value is -1.92. The van der Waals surface area contributed by atoms with Gasteiger partial charge in [0.15, 0.2) is 6.29 Å². The van der Waals surface area contributed by atoms with Crippen molar-refractivity contribution in [1.82, 2.24) is 0 Å². The number of aliphatic carboxylic acids is 2. The van der Waals surface area contributed by atoms with Crippen LogP contribution >= 0.6 is 0 Å². The molecular formula is C15H16O6. The standard InChI is InChI=1S/C15H16O6/c16-12(17)10-6-15(11(10)13(18)19)7-20-14(21-8-15)9-4-2-1-3-5-9/h1-5,10-11,14H,6-8H2,(H,16,17)(H,18,19)/t10-,11+,14?,15?/m0/s1. The molecule has 1 saturated heterocycles. The molecular weight excluding hydrogens is 276 g/mol. The highest BCUT2D eigenvalue weighted by atomic mass is 16.7. The van der Waals surface area contributed by atoms with Gasteiger partial charge in [0.2, 0.25) is 0 Å². The molecule has 0 unspecified atom stereocenters. The van der Waals surface area contributed by atoms with Gasteiger partial charge < -0.3 is 19.7 Å². The molecule has 21 heavy (non-hydrogen) atoms. The summed E-state index contributed by atoms with van der Waals surface area (Å²) in [5.41, 5.74) is 0.147. The van der Waals surface area contributed by atoms with Crippen LogP contribution in [-0.2, 0) is 19.1 Å². The lowest BCUT2D eigenvalue weighted by Crippen LogP contribution is -2.61. The minimum atomic E-state index is -1.10. The van der Waals surface area contributed by atoms with Gasteiger partial charge >= 0.3 is 11.9 Å². The number of ether oxygens (including phenoxy) is 2. The number of hydrogen-bond donors (Lipinski definition) is 2. The van der Waals surface area contributed by atoms with Crippen LogP contribution in [0.5, 0.6) is 0 Å². The molecule has 1 aliphatic carbocycles. The minimum absolute atomic E-state index is 0.202. The summed E-state index contributed by atoms with van der Waals surface area (Å²) in [7, 11) is 0. The van der Waals surface area contributed by atoms with Crippen molar-refractivity contribution in [2.45, 2.75) is 12.7 Å². The van der Waals surface area contributed by atoms with E-state index >= 15 is 0 Å². The second-order valence-electron chi connectivity index (χ2n) is 5.69. The zero-order chi connectivity index (χ0) is 15.0. The predicted octanol–water partition coefficient (Wildman–Crippen LogP) is 1.52. The molecule has 6 nitrogen and oxygen atoms in total. The van der Waals surface area contributed by atoms with Gasteiger partial charge in [0.1, 0.15) is 0 Å². The summed E-state index contributed by atoms with van der Waals surface area (Å²) >= 11 is 0. The Morgan fingerprint density at radius 3 is 2.19 bits per heavy atom. The van der Waals surface area contributed by atoms with E-state index in [-0.39, 0.29) is 19.6 Å². The van der Waals surface area contributed by atoms with Crippen LogP contribution in [0.4, 0.5) is 0 Å². The Morgan fingerprint density at radius 2 is 1.67 bits per heavy atom. The van der Waals surface area contributed by atoms with Crippen molar-refractivity contribution >= 4 is 11.9 Å². The Kier molecular flexibility index (Phi) is 3.43. The van der Waals surface area contributed by atoms with Crippen LogP contribution in [-0.4, -0.2) is 35.4 Å². The van der Waals surface area contributed by atoms with Crippen molar-refractivity contribution in [3.05, 3.63) is 35.9 Å².